The number of aromatic nitrogens is 1. The number of aryl methyl sites for hydroxylation is 1. The van der Waals surface area contributed by atoms with Crippen molar-refractivity contribution in [3.8, 4) is 5.75 Å². The van der Waals surface area contributed by atoms with Gasteiger partial charge in [-0.1, -0.05) is 31.1 Å². The maximum atomic E-state index is 11.4. The predicted octanol–water partition coefficient (Wildman–Crippen LogP) is 4.67. The Hall–Kier alpha value is -2.21. The van der Waals surface area contributed by atoms with Crippen molar-refractivity contribution in [1.82, 2.24) is 4.98 Å². The van der Waals surface area contributed by atoms with E-state index in [4.69, 9.17) is 4.74 Å². The highest BCUT2D eigenvalue weighted by molar-refractivity contribution is 7.17. The SMILES string of the molecule is CCCCCOc1ccc(/C=N\Nc2nc(C)c(C(C)=O)s2)cc1. The van der Waals surface area contributed by atoms with Gasteiger partial charge in [0, 0.05) is 6.92 Å². The molecule has 1 aromatic heterocycles. The van der Waals surface area contributed by atoms with Crippen LogP contribution >= 0.6 is 11.3 Å². The quantitative estimate of drug-likeness (QED) is 0.310. The Labute approximate surface area is 146 Å². The molecule has 0 aliphatic carbocycles. The van der Waals surface area contributed by atoms with E-state index in [2.05, 4.69) is 22.4 Å². The van der Waals surface area contributed by atoms with Crippen LogP contribution in [0.3, 0.4) is 0 Å². The van der Waals surface area contributed by atoms with E-state index in [9.17, 15) is 4.79 Å². The number of nitrogens with one attached hydrogen (secondary N) is 1. The smallest absolute Gasteiger partial charge is 0.204 e. The molecule has 0 spiro atoms. The molecule has 24 heavy (non-hydrogen) atoms. The van der Waals surface area contributed by atoms with Crippen LogP contribution in [0.25, 0.3) is 0 Å². The van der Waals surface area contributed by atoms with Crippen LogP contribution in [-0.4, -0.2) is 23.6 Å². The number of ether oxygens (including phenoxy) is 1. The summed E-state index contributed by atoms with van der Waals surface area (Å²) in [6.45, 7) is 6.29. The van der Waals surface area contributed by atoms with E-state index >= 15 is 0 Å². The van der Waals surface area contributed by atoms with Crippen molar-refractivity contribution < 1.29 is 9.53 Å². The van der Waals surface area contributed by atoms with Gasteiger partial charge in [0.05, 0.1) is 23.4 Å². The summed E-state index contributed by atoms with van der Waals surface area (Å²) in [6, 6.07) is 7.78. The topological polar surface area (TPSA) is 63.6 Å². The number of anilines is 1. The lowest BCUT2D eigenvalue weighted by Gasteiger charge is -2.05. The summed E-state index contributed by atoms with van der Waals surface area (Å²) in [5, 5.41) is 4.78. The number of Topliss-reactive ketones (excluding diaryl/α,β-unsaturated/α-hetero) is 1. The van der Waals surface area contributed by atoms with Gasteiger partial charge in [0.15, 0.2) is 5.78 Å². The van der Waals surface area contributed by atoms with Crippen molar-refractivity contribution in [2.24, 2.45) is 5.10 Å². The summed E-state index contributed by atoms with van der Waals surface area (Å²) < 4.78 is 5.67. The van der Waals surface area contributed by atoms with Crippen molar-refractivity contribution >= 4 is 28.5 Å². The summed E-state index contributed by atoms with van der Waals surface area (Å²) >= 11 is 1.31. The van der Waals surface area contributed by atoms with Crippen LogP contribution in [-0.2, 0) is 0 Å². The second kappa shape index (κ2) is 9.17. The Morgan fingerprint density at radius 1 is 1.33 bits per heavy atom. The number of benzene rings is 1. The maximum absolute atomic E-state index is 11.4. The second-order valence-electron chi connectivity index (χ2n) is 5.48. The predicted molar refractivity (Wildman–Crippen MR) is 99.5 cm³/mol. The number of carbonyl (C=O) groups is 1. The molecule has 0 fully saturated rings. The molecule has 0 saturated heterocycles. The van der Waals surface area contributed by atoms with Gasteiger partial charge in [0.25, 0.3) is 0 Å². The molecule has 6 heteroatoms. The van der Waals surface area contributed by atoms with E-state index in [0.29, 0.717) is 10.0 Å². The molecule has 0 aliphatic rings. The molecule has 0 aliphatic heterocycles. The fourth-order valence-electron chi connectivity index (χ4n) is 2.13. The van der Waals surface area contributed by atoms with Gasteiger partial charge in [-0.2, -0.15) is 5.10 Å². The summed E-state index contributed by atoms with van der Waals surface area (Å²) in [4.78, 5) is 16.4. The van der Waals surface area contributed by atoms with Crippen LogP contribution in [0.1, 0.15) is 54.0 Å². The van der Waals surface area contributed by atoms with E-state index in [1.807, 2.05) is 31.2 Å². The number of unbranched alkanes of at least 4 members (excludes halogenated alkanes) is 2. The standard InChI is InChI=1S/C18H23N3O2S/c1-4-5-6-11-23-16-9-7-15(8-10-16)12-19-21-18-20-13(2)17(24-18)14(3)22/h7-10,12H,4-6,11H2,1-3H3,(H,20,21)/b19-12-. The third kappa shape index (κ3) is 5.45. The number of carbonyl (C=O) groups excluding carboxylic acids is 1. The summed E-state index contributed by atoms with van der Waals surface area (Å²) in [5.74, 6) is 0.898. The minimum absolute atomic E-state index is 0.0246. The normalized spacial score (nSPS) is 11.0. The average molecular weight is 345 g/mol. The van der Waals surface area contributed by atoms with Gasteiger partial charge in [-0.05, 0) is 43.2 Å². The molecule has 0 unspecified atom stereocenters. The lowest BCUT2D eigenvalue weighted by Crippen LogP contribution is -1.97. The van der Waals surface area contributed by atoms with Crippen LogP contribution in [0, 0.1) is 6.92 Å². The molecule has 0 bridgehead atoms. The Bertz CT molecular complexity index is 693. The molecule has 2 aromatic rings. The number of rotatable bonds is 9. The maximum Gasteiger partial charge on any atom is 0.204 e. The molecule has 2 rings (SSSR count). The first kappa shape index (κ1) is 18.1. The third-order valence-electron chi connectivity index (χ3n) is 3.39. The second-order valence-corrected chi connectivity index (χ2v) is 6.48. The molecule has 128 valence electrons. The lowest BCUT2D eigenvalue weighted by atomic mass is 10.2. The molecule has 0 atom stereocenters. The number of hydrogen-bond donors (Lipinski definition) is 1. The lowest BCUT2D eigenvalue weighted by molar-refractivity contribution is 0.102. The fourth-order valence-corrected chi connectivity index (χ4v) is 2.94. The first-order valence-corrected chi connectivity index (χ1v) is 8.92. The minimum Gasteiger partial charge on any atom is -0.494 e. The van der Waals surface area contributed by atoms with Crippen molar-refractivity contribution in [2.75, 3.05) is 12.0 Å². The number of hydrazone groups is 1. The Morgan fingerprint density at radius 2 is 2.08 bits per heavy atom. The molecule has 1 heterocycles. The van der Waals surface area contributed by atoms with Gasteiger partial charge >= 0.3 is 0 Å². The largest absolute Gasteiger partial charge is 0.494 e. The molecule has 0 radical (unpaired) electrons. The van der Waals surface area contributed by atoms with Gasteiger partial charge in [-0.3, -0.25) is 10.2 Å². The zero-order valence-electron chi connectivity index (χ0n) is 14.3. The van der Waals surface area contributed by atoms with Crippen molar-refractivity contribution in [2.45, 2.75) is 40.0 Å². The Kier molecular flexibility index (Phi) is 6.93. The van der Waals surface area contributed by atoms with Crippen LogP contribution in [0.4, 0.5) is 5.13 Å². The van der Waals surface area contributed by atoms with Gasteiger partial charge in [-0.25, -0.2) is 4.98 Å². The number of ketones is 1. The molecular formula is C18H23N3O2S. The van der Waals surface area contributed by atoms with Gasteiger partial charge in [0.2, 0.25) is 5.13 Å². The number of thiazole rings is 1. The molecule has 0 amide bonds. The minimum atomic E-state index is 0.0246. The summed E-state index contributed by atoms with van der Waals surface area (Å²) in [5.41, 5.74) is 4.56. The average Bonchev–Trinajstić information content (AvgIpc) is 2.94. The Balaban J connectivity index is 1.85. The molecular weight excluding hydrogens is 322 g/mol. The van der Waals surface area contributed by atoms with Crippen molar-refractivity contribution in [3.63, 3.8) is 0 Å². The number of nitrogens with zero attached hydrogens (tertiary/aromatic N) is 2. The first-order valence-electron chi connectivity index (χ1n) is 8.10. The molecule has 5 nitrogen and oxygen atoms in total. The number of hydrogen-bond acceptors (Lipinski definition) is 6. The summed E-state index contributed by atoms with van der Waals surface area (Å²) in [7, 11) is 0. The van der Waals surface area contributed by atoms with E-state index in [1.165, 1.54) is 24.2 Å². The molecule has 1 aromatic carbocycles. The van der Waals surface area contributed by atoms with Crippen LogP contribution in [0.5, 0.6) is 5.75 Å². The molecule has 0 saturated carbocycles. The molecule has 1 N–H and O–H groups in total. The highest BCUT2D eigenvalue weighted by Crippen LogP contribution is 2.22. The van der Waals surface area contributed by atoms with Gasteiger partial charge in [-0.15, -0.1) is 0 Å². The van der Waals surface area contributed by atoms with Gasteiger partial charge in [0.1, 0.15) is 5.75 Å². The first-order chi connectivity index (χ1) is 11.6. The van der Waals surface area contributed by atoms with Crippen molar-refractivity contribution in [3.05, 3.63) is 40.4 Å². The van der Waals surface area contributed by atoms with E-state index < -0.39 is 0 Å². The van der Waals surface area contributed by atoms with E-state index in [-0.39, 0.29) is 5.78 Å². The van der Waals surface area contributed by atoms with Crippen LogP contribution < -0.4 is 10.2 Å². The summed E-state index contributed by atoms with van der Waals surface area (Å²) in [6.07, 6.45) is 5.18. The monoisotopic (exact) mass is 345 g/mol. The fraction of sp³-hybridized carbons (Fsp3) is 0.389. The van der Waals surface area contributed by atoms with E-state index in [1.54, 1.807) is 13.1 Å². The van der Waals surface area contributed by atoms with Gasteiger partial charge < -0.3 is 4.74 Å². The van der Waals surface area contributed by atoms with Crippen LogP contribution in [0.15, 0.2) is 29.4 Å². The highest BCUT2D eigenvalue weighted by atomic mass is 32.1. The van der Waals surface area contributed by atoms with Crippen LogP contribution in [0.2, 0.25) is 0 Å². The zero-order valence-corrected chi connectivity index (χ0v) is 15.2. The van der Waals surface area contributed by atoms with Crippen molar-refractivity contribution in [1.29, 1.82) is 0 Å². The Morgan fingerprint density at radius 3 is 2.71 bits per heavy atom. The zero-order chi connectivity index (χ0) is 17.4. The van der Waals surface area contributed by atoms with E-state index in [0.717, 1.165) is 30.0 Å². The highest BCUT2D eigenvalue weighted by Gasteiger charge is 2.10. The third-order valence-corrected chi connectivity index (χ3v) is 4.55.